The molecule has 0 saturated carbocycles. The van der Waals surface area contributed by atoms with E-state index >= 15 is 0 Å². The molecule has 0 aromatic rings. The number of carbonyl (C=O) groups is 2. The molecule has 40 heavy (non-hydrogen) atoms. The first kappa shape index (κ1) is 34.8. The molecule has 1 amide bonds. The lowest BCUT2D eigenvalue weighted by atomic mass is 9.86. The van der Waals surface area contributed by atoms with Gasteiger partial charge < -0.3 is 54.9 Å². The first-order valence-electron chi connectivity index (χ1n) is 14.2. The van der Waals surface area contributed by atoms with Gasteiger partial charge in [0.15, 0.2) is 12.4 Å². The highest BCUT2D eigenvalue weighted by atomic mass is 16.7. The van der Waals surface area contributed by atoms with E-state index in [9.17, 15) is 40.2 Å². The summed E-state index contributed by atoms with van der Waals surface area (Å²) in [7, 11) is 0. The van der Waals surface area contributed by atoms with Gasteiger partial charge in [0, 0.05) is 6.92 Å². The third-order valence-corrected chi connectivity index (χ3v) is 7.69. The number of ether oxygens (including phenoxy) is 4. The quantitative estimate of drug-likeness (QED) is 0.136. The summed E-state index contributed by atoms with van der Waals surface area (Å²) in [6, 6.07) is -1.63. The number of aliphatic hydroxyl groups excluding tert-OH is 4. The number of aliphatic carboxylic acids is 1. The Morgan fingerprint density at radius 1 is 1.05 bits per heavy atom. The molecule has 11 atom stereocenters. The second-order valence-electron chi connectivity index (χ2n) is 11.5. The highest BCUT2D eigenvalue weighted by molar-refractivity contribution is 5.74. The fourth-order valence-electron chi connectivity index (χ4n) is 5.70. The molecule has 13 heteroatoms. The lowest BCUT2D eigenvalue weighted by Gasteiger charge is -2.53. The molecule has 8 unspecified atom stereocenters. The number of hydrogen-bond acceptors (Lipinski definition) is 11. The van der Waals surface area contributed by atoms with Gasteiger partial charge in [0.2, 0.25) is 11.7 Å². The zero-order valence-electron chi connectivity index (χ0n) is 24.4. The highest BCUT2D eigenvalue weighted by Gasteiger charge is 2.61. The van der Waals surface area contributed by atoms with Crippen LogP contribution >= 0.6 is 0 Å². The van der Waals surface area contributed by atoms with Crippen molar-refractivity contribution in [3.8, 4) is 0 Å². The van der Waals surface area contributed by atoms with Gasteiger partial charge in [-0.25, -0.2) is 4.79 Å². The molecule has 2 fully saturated rings. The lowest BCUT2D eigenvalue weighted by Crippen LogP contribution is -2.75. The van der Waals surface area contributed by atoms with E-state index in [-0.39, 0.29) is 5.92 Å². The number of carboxylic acids is 1. The van der Waals surface area contributed by atoms with Gasteiger partial charge in [-0.3, -0.25) is 4.79 Å². The third kappa shape index (κ3) is 8.11. The van der Waals surface area contributed by atoms with Crippen molar-refractivity contribution in [3.63, 3.8) is 0 Å². The molecule has 0 aliphatic carbocycles. The number of nitrogens with one attached hydrogen (secondary N) is 1. The molecule has 2 saturated heterocycles. The van der Waals surface area contributed by atoms with E-state index < -0.39 is 84.9 Å². The monoisotopic (exact) mass is 579 g/mol. The van der Waals surface area contributed by atoms with Crippen molar-refractivity contribution in [2.45, 2.75) is 147 Å². The van der Waals surface area contributed by atoms with E-state index in [0.717, 1.165) is 26.2 Å². The summed E-state index contributed by atoms with van der Waals surface area (Å²) >= 11 is 0. The van der Waals surface area contributed by atoms with Crippen LogP contribution in [0.25, 0.3) is 0 Å². The number of carboxylic acid groups (broad SMARTS) is 1. The van der Waals surface area contributed by atoms with E-state index in [0.29, 0.717) is 19.3 Å². The van der Waals surface area contributed by atoms with Crippen LogP contribution in [-0.4, -0.2) is 116 Å². The van der Waals surface area contributed by atoms with E-state index in [1.807, 2.05) is 20.8 Å². The summed E-state index contributed by atoms with van der Waals surface area (Å²) in [6.07, 6.45) is -8.80. The first-order valence-corrected chi connectivity index (χ1v) is 14.2. The third-order valence-electron chi connectivity index (χ3n) is 7.69. The normalized spacial score (nSPS) is 37.6. The average Bonchev–Trinajstić information content (AvgIpc) is 2.86. The second-order valence-corrected chi connectivity index (χ2v) is 11.5. The molecule has 0 aromatic heterocycles. The van der Waals surface area contributed by atoms with Gasteiger partial charge >= 0.3 is 5.97 Å². The molecule has 0 bridgehead atoms. The Balaban J connectivity index is 2.45. The van der Waals surface area contributed by atoms with Gasteiger partial charge in [0.25, 0.3) is 0 Å². The predicted molar refractivity (Wildman–Crippen MR) is 141 cm³/mol. The molecular formula is C27H49NO12. The van der Waals surface area contributed by atoms with Crippen LogP contribution in [0.5, 0.6) is 0 Å². The van der Waals surface area contributed by atoms with E-state index in [1.54, 1.807) is 13.8 Å². The van der Waals surface area contributed by atoms with Gasteiger partial charge in [-0.1, -0.05) is 46.5 Å². The maximum absolute atomic E-state index is 12.2. The molecule has 13 nitrogen and oxygen atoms in total. The lowest BCUT2D eigenvalue weighted by molar-refractivity contribution is -0.400. The summed E-state index contributed by atoms with van der Waals surface area (Å²) in [4.78, 5) is 24.4. The van der Waals surface area contributed by atoms with E-state index in [2.05, 4.69) is 5.32 Å². The van der Waals surface area contributed by atoms with Gasteiger partial charge in [-0.15, -0.1) is 0 Å². The molecule has 0 aromatic carbocycles. The SMILES string of the molecule is CCCC(CC)CC1OC(C(=O)O)[C@@H](O[C@@H]2OC(CO)[C@@H](O)C(O)(OC(C)(C)CCC)C2NC(C)=O)C(O)C1O. The largest absolute Gasteiger partial charge is 0.479 e. The molecule has 2 aliphatic heterocycles. The minimum atomic E-state index is -2.56. The Hall–Kier alpha value is -1.42. The summed E-state index contributed by atoms with van der Waals surface area (Å²) in [6.45, 7) is 9.58. The molecule has 2 heterocycles. The van der Waals surface area contributed by atoms with Crippen molar-refractivity contribution in [1.82, 2.24) is 5.32 Å². The Kier molecular flexibility index (Phi) is 12.7. The van der Waals surface area contributed by atoms with Gasteiger partial charge in [-0.2, -0.15) is 0 Å². The molecule has 0 spiro atoms. The summed E-state index contributed by atoms with van der Waals surface area (Å²) < 4.78 is 23.2. The molecule has 2 rings (SSSR count). The highest BCUT2D eigenvalue weighted by Crippen LogP contribution is 2.38. The maximum Gasteiger partial charge on any atom is 0.335 e. The van der Waals surface area contributed by atoms with Gasteiger partial charge in [0.1, 0.15) is 36.6 Å². The molecule has 7 N–H and O–H groups in total. The summed E-state index contributed by atoms with van der Waals surface area (Å²) in [5.41, 5.74) is -1.02. The zero-order valence-corrected chi connectivity index (χ0v) is 24.4. The van der Waals surface area contributed by atoms with Crippen LogP contribution in [0.15, 0.2) is 0 Å². The standard InChI is InChI=1S/C27H49NO12/c1-7-10-15(9-3)12-16-18(31)19(32)20(21(37-16)24(34)35)39-25-22(28-14(4)30)27(36,23(33)17(13-29)38-25)40-26(5,6)11-8-2/h15-23,25,29,31-33,36H,7-13H2,1-6H3,(H,28,30)(H,34,35)/t15?,16?,17?,18?,19?,20-,21?,22?,23+,25-,27?/m0/s1. The molecule has 0 radical (unpaired) electrons. The molecular weight excluding hydrogens is 530 g/mol. The fourth-order valence-corrected chi connectivity index (χ4v) is 5.70. The van der Waals surface area contributed by atoms with Crippen molar-refractivity contribution < 1.29 is 59.2 Å². The fraction of sp³-hybridized carbons (Fsp3) is 0.926. The topological polar surface area (TPSA) is 204 Å². The molecule has 234 valence electrons. The van der Waals surface area contributed by atoms with Crippen LogP contribution in [-0.2, 0) is 28.5 Å². The number of aliphatic hydroxyl groups is 5. The van der Waals surface area contributed by atoms with Gasteiger partial charge in [-0.05, 0) is 32.6 Å². The number of carbonyl (C=O) groups excluding carboxylic acids is 1. The number of hydrogen-bond donors (Lipinski definition) is 7. The van der Waals surface area contributed by atoms with Crippen molar-refractivity contribution >= 4 is 11.9 Å². The zero-order chi connectivity index (χ0) is 30.4. The average molecular weight is 580 g/mol. The summed E-state index contributed by atoms with van der Waals surface area (Å²) in [5.74, 6) is -4.55. The second kappa shape index (κ2) is 14.7. The minimum absolute atomic E-state index is 0.139. The predicted octanol–water partition coefficient (Wildman–Crippen LogP) is 0.0285. The van der Waals surface area contributed by atoms with Crippen LogP contribution in [0.4, 0.5) is 0 Å². The minimum Gasteiger partial charge on any atom is -0.479 e. The maximum atomic E-state index is 12.2. The van der Waals surface area contributed by atoms with Crippen molar-refractivity contribution in [1.29, 1.82) is 0 Å². The van der Waals surface area contributed by atoms with Crippen LogP contribution in [0.1, 0.15) is 80.1 Å². The Morgan fingerprint density at radius 3 is 2.20 bits per heavy atom. The first-order chi connectivity index (χ1) is 18.6. The Labute approximate surface area is 235 Å². The number of amides is 1. The van der Waals surface area contributed by atoms with E-state index in [1.165, 1.54) is 0 Å². The smallest absolute Gasteiger partial charge is 0.335 e. The number of rotatable bonds is 14. The van der Waals surface area contributed by atoms with Crippen LogP contribution < -0.4 is 5.32 Å². The van der Waals surface area contributed by atoms with Crippen LogP contribution in [0, 0.1) is 5.92 Å². The van der Waals surface area contributed by atoms with E-state index in [4.69, 9.17) is 18.9 Å². The van der Waals surface area contributed by atoms with Crippen molar-refractivity contribution in [2.24, 2.45) is 5.92 Å². The molecule has 2 aliphatic rings. The van der Waals surface area contributed by atoms with Crippen LogP contribution in [0.3, 0.4) is 0 Å². The summed E-state index contributed by atoms with van der Waals surface area (Å²) in [5, 5.41) is 66.9. The Bertz CT molecular complexity index is 827. The van der Waals surface area contributed by atoms with Crippen molar-refractivity contribution in [3.05, 3.63) is 0 Å². The van der Waals surface area contributed by atoms with Crippen LogP contribution in [0.2, 0.25) is 0 Å². The van der Waals surface area contributed by atoms with Gasteiger partial charge in [0.05, 0.1) is 18.3 Å². The Morgan fingerprint density at radius 2 is 1.70 bits per heavy atom. The van der Waals surface area contributed by atoms with Crippen molar-refractivity contribution in [2.75, 3.05) is 6.61 Å².